The number of aliphatic hydroxyl groups is 1. The Morgan fingerprint density at radius 3 is 2.61 bits per heavy atom. The van der Waals surface area contributed by atoms with Crippen molar-refractivity contribution in [2.24, 2.45) is 23.7 Å². The Morgan fingerprint density at radius 2 is 1.83 bits per heavy atom. The monoisotopic (exact) mass is 600 g/mol. The SMILES string of the molecule is C[C@@H]1C[C@@H]2[C@@H]1CN1CCCCc3cc(Cl)ccc3COc3ccc(cc31)C(=O)NS(=O)(=O)[C@H](C)[C@H](C)C/C=C/[C@@H]2O. The van der Waals surface area contributed by atoms with Crippen LogP contribution in [0.5, 0.6) is 5.75 Å². The molecule has 2 N–H and O–H groups in total. The number of nitrogens with one attached hydrogen (secondary N) is 1. The molecule has 9 heteroatoms. The Balaban J connectivity index is 1.56. The summed E-state index contributed by atoms with van der Waals surface area (Å²) in [6.45, 7) is 7.51. The van der Waals surface area contributed by atoms with Crippen molar-refractivity contribution in [3.8, 4) is 5.75 Å². The number of aryl methyl sites for hydroxylation is 1. The minimum absolute atomic E-state index is 0.117. The first-order chi connectivity index (χ1) is 19.5. The molecular weight excluding hydrogens is 560 g/mol. The summed E-state index contributed by atoms with van der Waals surface area (Å²) in [7, 11) is -3.92. The Labute approximate surface area is 249 Å². The largest absolute Gasteiger partial charge is 0.487 e. The molecule has 3 aliphatic rings. The molecule has 2 bridgehead atoms. The molecule has 2 aromatic rings. The molecule has 2 aliphatic heterocycles. The first-order valence-electron chi connectivity index (χ1n) is 14.7. The Hall–Kier alpha value is -2.55. The van der Waals surface area contributed by atoms with Crippen LogP contribution in [-0.2, 0) is 23.1 Å². The topological polar surface area (TPSA) is 95.9 Å². The Kier molecular flexibility index (Phi) is 9.02. The molecule has 1 saturated carbocycles. The van der Waals surface area contributed by atoms with Crippen LogP contribution < -0.4 is 14.4 Å². The summed E-state index contributed by atoms with van der Waals surface area (Å²) in [6, 6.07) is 11.0. The van der Waals surface area contributed by atoms with Gasteiger partial charge in [0.15, 0.2) is 0 Å². The van der Waals surface area contributed by atoms with Gasteiger partial charge < -0.3 is 14.7 Å². The van der Waals surface area contributed by atoms with E-state index in [2.05, 4.69) is 16.5 Å². The quantitative estimate of drug-likeness (QED) is 0.375. The van der Waals surface area contributed by atoms with Gasteiger partial charge in [0.2, 0.25) is 10.0 Å². The third-order valence-corrected chi connectivity index (χ3v) is 11.5. The summed E-state index contributed by atoms with van der Waals surface area (Å²) < 4.78 is 35.0. The van der Waals surface area contributed by atoms with E-state index in [1.165, 1.54) is 5.56 Å². The van der Waals surface area contributed by atoms with Crippen LogP contribution in [0.15, 0.2) is 48.6 Å². The lowest BCUT2D eigenvalue weighted by atomic mass is 9.63. The van der Waals surface area contributed by atoms with Crippen molar-refractivity contribution >= 4 is 33.2 Å². The van der Waals surface area contributed by atoms with Crippen molar-refractivity contribution in [3.05, 3.63) is 70.3 Å². The number of aliphatic hydroxyl groups excluding tert-OH is 1. The van der Waals surface area contributed by atoms with Crippen molar-refractivity contribution in [3.63, 3.8) is 0 Å². The van der Waals surface area contributed by atoms with Gasteiger partial charge in [0, 0.05) is 23.7 Å². The molecule has 2 heterocycles. The number of sulfonamides is 1. The van der Waals surface area contributed by atoms with Crippen LogP contribution in [0, 0.1) is 23.7 Å². The molecule has 2 aromatic carbocycles. The van der Waals surface area contributed by atoms with Crippen LogP contribution in [0.3, 0.4) is 0 Å². The maximum Gasteiger partial charge on any atom is 0.264 e. The number of hydrogen-bond acceptors (Lipinski definition) is 6. The first-order valence-corrected chi connectivity index (χ1v) is 16.7. The highest BCUT2D eigenvalue weighted by molar-refractivity contribution is 7.90. The number of amides is 1. The van der Waals surface area contributed by atoms with Gasteiger partial charge in [-0.15, -0.1) is 0 Å². The second-order valence-corrected chi connectivity index (χ2v) is 14.6. The fourth-order valence-electron chi connectivity index (χ4n) is 6.40. The van der Waals surface area contributed by atoms with E-state index in [4.69, 9.17) is 16.3 Å². The predicted octanol–water partition coefficient (Wildman–Crippen LogP) is 5.74. The predicted molar refractivity (Wildman–Crippen MR) is 163 cm³/mol. The minimum atomic E-state index is -3.92. The van der Waals surface area contributed by atoms with Crippen LogP contribution in [0.4, 0.5) is 5.69 Å². The van der Waals surface area contributed by atoms with E-state index in [1.54, 1.807) is 25.1 Å². The molecule has 5 rings (SSSR count). The average Bonchev–Trinajstić information content (AvgIpc) is 2.96. The number of fused-ring (bicyclic) bond motifs is 3. The average molecular weight is 601 g/mol. The third-order valence-electron chi connectivity index (χ3n) is 9.40. The smallest absolute Gasteiger partial charge is 0.264 e. The van der Waals surface area contributed by atoms with Crippen molar-refractivity contribution in [2.75, 3.05) is 18.0 Å². The summed E-state index contributed by atoms with van der Waals surface area (Å²) in [6.07, 6.45) is 7.32. The van der Waals surface area contributed by atoms with Gasteiger partial charge in [-0.25, -0.2) is 13.1 Å². The van der Waals surface area contributed by atoms with Gasteiger partial charge in [-0.05, 0) is 104 Å². The van der Waals surface area contributed by atoms with E-state index in [1.807, 2.05) is 37.3 Å². The zero-order valence-corrected chi connectivity index (χ0v) is 25.6. The van der Waals surface area contributed by atoms with Crippen molar-refractivity contribution < 1.29 is 23.1 Å². The maximum absolute atomic E-state index is 13.3. The first kappa shape index (κ1) is 29.9. The highest BCUT2D eigenvalue weighted by Crippen LogP contribution is 2.45. The second kappa shape index (κ2) is 12.4. The highest BCUT2D eigenvalue weighted by Gasteiger charge is 2.42. The molecule has 41 heavy (non-hydrogen) atoms. The number of carbonyl (C=O) groups excluding carboxylic acids is 1. The summed E-state index contributed by atoms with van der Waals surface area (Å²) >= 11 is 6.30. The van der Waals surface area contributed by atoms with E-state index in [0.717, 1.165) is 43.5 Å². The standard InChI is InChI=1S/C32H41ClN2O5S/c1-20-7-6-9-30(36)27-15-21(2)28(27)18-35-14-5-4-8-23-16-26(33)12-10-25(23)19-40-31-13-11-24(17-29(31)35)32(37)34-41(38,39)22(20)3/h6,9-13,16-17,20-22,27-28,30,36H,4-5,7-8,14-15,18-19H2,1-3H3,(H,34,37)/b9-6+/t20-,21-,22-,27-,28-,30+/m1/s1. The fraction of sp³-hybridized carbons (Fsp3) is 0.531. The number of ether oxygens (including phenoxy) is 1. The van der Waals surface area contributed by atoms with Crippen molar-refractivity contribution in [1.29, 1.82) is 0 Å². The van der Waals surface area contributed by atoms with Crippen LogP contribution in [0.25, 0.3) is 0 Å². The van der Waals surface area contributed by atoms with Gasteiger partial charge in [0.25, 0.3) is 5.91 Å². The molecule has 6 atom stereocenters. The highest BCUT2D eigenvalue weighted by atomic mass is 35.5. The molecule has 0 radical (unpaired) electrons. The van der Waals surface area contributed by atoms with Crippen molar-refractivity contribution in [1.82, 2.24) is 4.72 Å². The number of halogens is 1. The zero-order chi connectivity index (χ0) is 29.3. The van der Waals surface area contributed by atoms with Gasteiger partial charge in [-0.1, -0.05) is 43.7 Å². The minimum Gasteiger partial charge on any atom is -0.487 e. The lowest BCUT2D eigenvalue weighted by Crippen LogP contribution is -2.48. The molecule has 222 valence electrons. The van der Waals surface area contributed by atoms with Gasteiger partial charge in [0.05, 0.1) is 17.0 Å². The Morgan fingerprint density at radius 1 is 1.02 bits per heavy atom. The van der Waals surface area contributed by atoms with Gasteiger partial charge >= 0.3 is 0 Å². The Bertz CT molecular complexity index is 1410. The number of rotatable bonds is 0. The summed E-state index contributed by atoms with van der Waals surface area (Å²) in [5, 5.41) is 11.0. The van der Waals surface area contributed by atoms with Crippen LogP contribution in [-0.4, -0.2) is 43.9 Å². The van der Waals surface area contributed by atoms with E-state index < -0.39 is 27.3 Å². The maximum atomic E-state index is 13.3. The summed E-state index contributed by atoms with van der Waals surface area (Å²) in [5.74, 6) is 0.596. The van der Waals surface area contributed by atoms with Crippen molar-refractivity contribution in [2.45, 2.75) is 70.8 Å². The summed E-state index contributed by atoms with van der Waals surface area (Å²) in [4.78, 5) is 15.6. The lowest BCUT2D eigenvalue weighted by Gasteiger charge is -2.47. The molecule has 1 amide bonds. The summed E-state index contributed by atoms with van der Waals surface area (Å²) in [5.41, 5.74) is 3.28. The molecule has 0 aromatic heterocycles. The number of benzene rings is 2. The van der Waals surface area contributed by atoms with Crippen LogP contribution >= 0.6 is 11.6 Å². The van der Waals surface area contributed by atoms with E-state index in [9.17, 15) is 18.3 Å². The van der Waals surface area contributed by atoms with Gasteiger partial charge in [-0.3, -0.25) is 4.79 Å². The third kappa shape index (κ3) is 6.60. The fourth-order valence-corrected chi connectivity index (χ4v) is 7.88. The van der Waals surface area contributed by atoms with Gasteiger partial charge in [-0.2, -0.15) is 0 Å². The normalized spacial score (nSPS) is 31.2. The molecule has 1 fully saturated rings. The van der Waals surface area contributed by atoms with Crippen LogP contribution in [0.2, 0.25) is 5.02 Å². The second-order valence-electron chi connectivity index (χ2n) is 12.1. The van der Waals surface area contributed by atoms with E-state index in [0.29, 0.717) is 36.3 Å². The van der Waals surface area contributed by atoms with Crippen LogP contribution in [0.1, 0.15) is 67.9 Å². The van der Waals surface area contributed by atoms with Gasteiger partial charge in [0.1, 0.15) is 12.4 Å². The number of carbonyl (C=O) groups is 1. The number of hydrogen-bond donors (Lipinski definition) is 2. The number of nitrogens with zero attached hydrogens (tertiary/aromatic N) is 1. The molecule has 1 aliphatic carbocycles. The molecule has 0 saturated heterocycles. The molecule has 7 nitrogen and oxygen atoms in total. The molecular formula is C32H41ClN2O5S. The lowest BCUT2D eigenvalue weighted by molar-refractivity contribution is 0.0000169. The number of anilines is 1. The number of allylic oxidation sites excluding steroid dienone is 1. The zero-order valence-electron chi connectivity index (χ0n) is 24.1. The van der Waals surface area contributed by atoms with E-state index in [-0.39, 0.29) is 23.3 Å². The molecule has 0 spiro atoms. The van der Waals surface area contributed by atoms with E-state index >= 15 is 0 Å². The molecule has 0 unspecified atom stereocenters.